The first-order chi connectivity index (χ1) is 8.69. The summed E-state index contributed by atoms with van der Waals surface area (Å²) in [6.45, 7) is 2.11. The van der Waals surface area contributed by atoms with Crippen LogP contribution in [0.2, 0.25) is 0 Å². The fraction of sp³-hybridized carbons (Fsp3) is 0.250. The molecule has 0 N–H and O–H groups in total. The highest BCUT2D eigenvalue weighted by Crippen LogP contribution is 2.27. The number of rotatable bonds is 4. The summed E-state index contributed by atoms with van der Waals surface area (Å²) in [7, 11) is 1.69. The Morgan fingerprint density at radius 3 is 2.17 bits per heavy atom. The quantitative estimate of drug-likeness (QED) is 0.745. The van der Waals surface area contributed by atoms with E-state index in [1.807, 2.05) is 12.1 Å². The third-order valence-electron chi connectivity index (χ3n) is 3.01. The SMILES string of the molecule is COc1ccc(CC(Br)c2ccc(C)cc2)cc1. The molecule has 0 spiro atoms. The van der Waals surface area contributed by atoms with Crippen LogP contribution in [0, 0.1) is 6.92 Å². The van der Waals surface area contributed by atoms with E-state index >= 15 is 0 Å². The molecule has 18 heavy (non-hydrogen) atoms. The van der Waals surface area contributed by atoms with Gasteiger partial charge in [-0.2, -0.15) is 0 Å². The van der Waals surface area contributed by atoms with Gasteiger partial charge in [0, 0.05) is 4.83 Å². The van der Waals surface area contributed by atoms with Crippen LogP contribution in [0.5, 0.6) is 5.75 Å². The summed E-state index contributed by atoms with van der Waals surface area (Å²) >= 11 is 3.75. The molecule has 0 radical (unpaired) electrons. The molecule has 0 fully saturated rings. The smallest absolute Gasteiger partial charge is 0.118 e. The van der Waals surface area contributed by atoms with Gasteiger partial charge >= 0.3 is 0 Å². The number of alkyl halides is 1. The zero-order chi connectivity index (χ0) is 13.0. The highest BCUT2D eigenvalue weighted by atomic mass is 79.9. The van der Waals surface area contributed by atoms with Crippen molar-refractivity contribution in [1.82, 2.24) is 0 Å². The lowest BCUT2D eigenvalue weighted by Crippen LogP contribution is -1.95. The largest absolute Gasteiger partial charge is 0.497 e. The molecule has 2 rings (SSSR count). The van der Waals surface area contributed by atoms with Crippen molar-refractivity contribution in [3.8, 4) is 5.75 Å². The number of ether oxygens (including phenoxy) is 1. The van der Waals surface area contributed by atoms with Gasteiger partial charge in [0.05, 0.1) is 7.11 Å². The number of aryl methyl sites for hydroxylation is 1. The lowest BCUT2D eigenvalue weighted by Gasteiger charge is -2.11. The van der Waals surface area contributed by atoms with E-state index in [0.29, 0.717) is 4.83 Å². The maximum atomic E-state index is 5.16. The molecule has 2 aromatic rings. The van der Waals surface area contributed by atoms with Crippen LogP contribution in [0.3, 0.4) is 0 Å². The number of halogens is 1. The minimum Gasteiger partial charge on any atom is -0.497 e. The van der Waals surface area contributed by atoms with Crippen molar-refractivity contribution in [3.63, 3.8) is 0 Å². The molecule has 1 atom stereocenters. The van der Waals surface area contributed by atoms with Crippen molar-refractivity contribution >= 4 is 15.9 Å². The molecule has 0 saturated carbocycles. The molecule has 94 valence electrons. The summed E-state index contributed by atoms with van der Waals surface area (Å²) in [5, 5.41) is 0. The van der Waals surface area contributed by atoms with Crippen LogP contribution in [-0.4, -0.2) is 7.11 Å². The number of benzene rings is 2. The molecule has 1 unspecified atom stereocenters. The second-order valence-corrected chi connectivity index (χ2v) is 5.54. The molecular formula is C16H17BrO. The maximum absolute atomic E-state index is 5.16. The second-order valence-electron chi connectivity index (χ2n) is 4.43. The minimum atomic E-state index is 0.353. The lowest BCUT2D eigenvalue weighted by atomic mass is 10.0. The molecule has 0 aromatic heterocycles. The average molecular weight is 305 g/mol. The van der Waals surface area contributed by atoms with Gasteiger partial charge in [-0.3, -0.25) is 0 Å². The van der Waals surface area contributed by atoms with E-state index in [-0.39, 0.29) is 0 Å². The number of hydrogen-bond acceptors (Lipinski definition) is 1. The fourth-order valence-electron chi connectivity index (χ4n) is 1.86. The summed E-state index contributed by atoms with van der Waals surface area (Å²) in [6.07, 6.45) is 0.979. The first kappa shape index (κ1) is 13.2. The van der Waals surface area contributed by atoms with Gasteiger partial charge < -0.3 is 4.74 Å². The van der Waals surface area contributed by atoms with E-state index in [0.717, 1.165) is 12.2 Å². The molecular weight excluding hydrogens is 288 g/mol. The van der Waals surface area contributed by atoms with Crippen LogP contribution in [0.25, 0.3) is 0 Å². The molecule has 2 heteroatoms. The van der Waals surface area contributed by atoms with E-state index in [2.05, 4.69) is 59.3 Å². The predicted molar refractivity (Wildman–Crippen MR) is 79.5 cm³/mol. The van der Waals surface area contributed by atoms with Crippen LogP contribution in [0.1, 0.15) is 21.5 Å². The Morgan fingerprint density at radius 1 is 1.00 bits per heavy atom. The Hall–Kier alpha value is -1.28. The fourth-order valence-corrected chi connectivity index (χ4v) is 2.54. The number of methoxy groups -OCH3 is 1. The third-order valence-corrected chi connectivity index (χ3v) is 3.87. The average Bonchev–Trinajstić information content (AvgIpc) is 2.40. The Morgan fingerprint density at radius 2 is 1.61 bits per heavy atom. The highest BCUT2D eigenvalue weighted by molar-refractivity contribution is 9.09. The van der Waals surface area contributed by atoms with Crippen molar-refractivity contribution in [2.45, 2.75) is 18.2 Å². The monoisotopic (exact) mass is 304 g/mol. The van der Waals surface area contributed by atoms with Crippen LogP contribution >= 0.6 is 15.9 Å². The van der Waals surface area contributed by atoms with Gasteiger partial charge in [0.25, 0.3) is 0 Å². The summed E-state index contributed by atoms with van der Waals surface area (Å²) < 4.78 is 5.16. The Balaban J connectivity index is 2.05. The van der Waals surface area contributed by atoms with E-state index < -0.39 is 0 Å². The van der Waals surface area contributed by atoms with Gasteiger partial charge in [0.2, 0.25) is 0 Å². The van der Waals surface area contributed by atoms with Crippen LogP contribution in [0.15, 0.2) is 48.5 Å². The molecule has 0 aliphatic carbocycles. The molecule has 0 amide bonds. The van der Waals surface area contributed by atoms with Crippen molar-refractivity contribution in [2.24, 2.45) is 0 Å². The summed E-state index contributed by atoms with van der Waals surface area (Å²) in [5.74, 6) is 0.903. The van der Waals surface area contributed by atoms with Gasteiger partial charge in [-0.1, -0.05) is 57.9 Å². The minimum absolute atomic E-state index is 0.353. The zero-order valence-corrected chi connectivity index (χ0v) is 12.3. The van der Waals surface area contributed by atoms with Gasteiger partial charge in [-0.15, -0.1) is 0 Å². The molecule has 0 saturated heterocycles. The maximum Gasteiger partial charge on any atom is 0.118 e. The Bertz CT molecular complexity index is 488. The standard InChI is InChI=1S/C16H17BrO/c1-12-3-7-14(8-4-12)16(17)11-13-5-9-15(18-2)10-6-13/h3-10,16H,11H2,1-2H3. The summed E-state index contributed by atoms with van der Waals surface area (Å²) in [4.78, 5) is 0.353. The molecule has 1 nitrogen and oxygen atoms in total. The first-order valence-corrected chi connectivity index (χ1v) is 6.94. The van der Waals surface area contributed by atoms with Gasteiger partial charge in [-0.05, 0) is 36.6 Å². The van der Waals surface area contributed by atoms with Gasteiger partial charge in [-0.25, -0.2) is 0 Å². The number of hydrogen-bond donors (Lipinski definition) is 0. The van der Waals surface area contributed by atoms with Crippen molar-refractivity contribution < 1.29 is 4.74 Å². The second kappa shape index (κ2) is 6.05. The van der Waals surface area contributed by atoms with Crippen molar-refractivity contribution in [2.75, 3.05) is 7.11 Å². The highest BCUT2D eigenvalue weighted by Gasteiger charge is 2.08. The van der Waals surface area contributed by atoms with E-state index in [1.54, 1.807) is 7.11 Å². The third kappa shape index (κ3) is 3.36. The Kier molecular flexibility index (Phi) is 4.43. The topological polar surface area (TPSA) is 9.23 Å². The van der Waals surface area contributed by atoms with Crippen LogP contribution < -0.4 is 4.74 Å². The van der Waals surface area contributed by atoms with E-state index in [4.69, 9.17) is 4.74 Å². The molecule has 0 aliphatic heterocycles. The van der Waals surface area contributed by atoms with Gasteiger partial charge in [0.1, 0.15) is 5.75 Å². The Labute approximate surface area is 117 Å². The van der Waals surface area contributed by atoms with Crippen molar-refractivity contribution in [3.05, 3.63) is 65.2 Å². The summed E-state index contributed by atoms with van der Waals surface area (Å²) in [6, 6.07) is 16.9. The summed E-state index contributed by atoms with van der Waals surface area (Å²) in [5.41, 5.74) is 3.91. The molecule has 0 bridgehead atoms. The zero-order valence-electron chi connectivity index (χ0n) is 10.7. The van der Waals surface area contributed by atoms with Crippen LogP contribution in [0.4, 0.5) is 0 Å². The van der Waals surface area contributed by atoms with E-state index in [9.17, 15) is 0 Å². The van der Waals surface area contributed by atoms with Gasteiger partial charge in [0.15, 0.2) is 0 Å². The van der Waals surface area contributed by atoms with E-state index in [1.165, 1.54) is 16.7 Å². The lowest BCUT2D eigenvalue weighted by molar-refractivity contribution is 0.414. The first-order valence-electron chi connectivity index (χ1n) is 6.02. The molecule has 0 heterocycles. The predicted octanol–water partition coefficient (Wildman–Crippen LogP) is 4.68. The van der Waals surface area contributed by atoms with Crippen molar-refractivity contribution in [1.29, 1.82) is 0 Å². The normalized spacial score (nSPS) is 12.2. The van der Waals surface area contributed by atoms with Crippen LogP contribution in [-0.2, 0) is 6.42 Å². The molecule has 2 aromatic carbocycles. The molecule has 0 aliphatic rings.